The van der Waals surface area contributed by atoms with Crippen LogP contribution in [-0.2, 0) is 4.79 Å². The van der Waals surface area contributed by atoms with Crippen LogP contribution in [0, 0.1) is 0 Å². The van der Waals surface area contributed by atoms with Crippen LogP contribution in [0.2, 0.25) is 0 Å². The maximum Gasteiger partial charge on any atom is 0.221 e. The summed E-state index contributed by atoms with van der Waals surface area (Å²) in [6, 6.07) is 11.7. The van der Waals surface area contributed by atoms with Gasteiger partial charge in [-0.3, -0.25) is 9.59 Å². The average molecular weight is 255 g/mol. The van der Waals surface area contributed by atoms with Crippen molar-refractivity contribution >= 4 is 17.9 Å². The summed E-state index contributed by atoms with van der Waals surface area (Å²) in [5.74, 6) is -0.0754. The van der Waals surface area contributed by atoms with Crippen LogP contribution in [-0.4, -0.2) is 17.3 Å². The number of amides is 1. The van der Waals surface area contributed by atoms with E-state index in [0.717, 1.165) is 11.8 Å². The number of anilines is 1. The first-order valence-electron chi connectivity index (χ1n) is 5.76. The molecule has 0 aliphatic carbocycles. The summed E-state index contributed by atoms with van der Waals surface area (Å²) in [5.41, 5.74) is 2.41. The monoisotopic (exact) mass is 255 g/mol. The highest BCUT2D eigenvalue weighted by atomic mass is 16.3. The Morgan fingerprint density at radius 3 is 2.68 bits per heavy atom. The van der Waals surface area contributed by atoms with Crippen molar-refractivity contribution < 1.29 is 14.7 Å². The summed E-state index contributed by atoms with van der Waals surface area (Å²) in [6.45, 7) is 1.43. The second-order valence-electron chi connectivity index (χ2n) is 4.16. The van der Waals surface area contributed by atoms with Crippen molar-refractivity contribution in [2.45, 2.75) is 6.92 Å². The fraction of sp³-hybridized carbons (Fsp3) is 0.0667. The molecule has 2 aromatic carbocycles. The van der Waals surface area contributed by atoms with Crippen LogP contribution in [0.3, 0.4) is 0 Å². The zero-order chi connectivity index (χ0) is 13.8. The van der Waals surface area contributed by atoms with Crippen molar-refractivity contribution in [2.24, 2.45) is 0 Å². The van der Waals surface area contributed by atoms with Crippen LogP contribution in [0.1, 0.15) is 17.3 Å². The molecule has 2 N–H and O–H groups in total. The van der Waals surface area contributed by atoms with E-state index in [1.807, 2.05) is 0 Å². The van der Waals surface area contributed by atoms with Gasteiger partial charge in [-0.15, -0.1) is 0 Å². The molecule has 2 aromatic rings. The molecule has 2 rings (SSSR count). The van der Waals surface area contributed by atoms with E-state index in [2.05, 4.69) is 5.32 Å². The Hall–Kier alpha value is -2.62. The highest BCUT2D eigenvalue weighted by Gasteiger charge is 2.06. The average Bonchev–Trinajstić information content (AvgIpc) is 2.39. The van der Waals surface area contributed by atoms with Gasteiger partial charge in [-0.05, 0) is 35.9 Å². The zero-order valence-electron chi connectivity index (χ0n) is 10.4. The van der Waals surface area contributed by atoms with Gasteiger partial charge in [-0.2, -0.15) is 0 Å². The van der Waals surface area contributed by atoms with Crippen molar-refractivity contribution in [2.75, 3.05) is 5.32 Å². The molecule has 0 saturated carbocycles. The molecule has 0 aliphatic rings. The van der Waals surface area contributed by atoms with E-state index in [-0.39, 0.29) is 11.7 Å². The van der Waals surface area contributed by atoms with Gasteiger partial charge >= 0.3 is 0 Å². The summed E-state index contributed by atoms with van der Waals surface area (Å²) < 4.78 is 0. The molecule has 0 aliphatic heterocycles. The summed E-state index contributed by atoms with van der Waals surface area (Å²) in [7, 11) is 0. The Bertz CT molecular complexity index is 635. The fourth-order valence-corrected chi connectivity index (χ4v) is 1.83. The lowest BCUT2D eigenvalue weighted by Gasteiger charge is -2.08. The summed E-state index contributed by atoms with van der Waals surface area (Å²) in [5, 5.41) is 12.5. The number of phenolic OH excluding ortho intramolecular Hbond substituents is 1. The lowest BCUT2D eigenvalue weighted by Crippen LogP contribution is -2.05. The summed E-state index contributed by atoms with van der Waals surface area (Å²) in [6.07, 6.45) is 0.723. The zero-order valence-corrected chi connectivity index (χ0v) is 10.4. The first-order chi connectivity index (χ1) is 9.10. The van der Waals surface area contributed by atoms with Crippen molar-refractivity contribution in [3.63, 3.8) is 0 Å². The molecule has 0 saturated heterocycles. The first-order valence-corrected chi connectivity index (χ1v) is 5.76. The maximum absolute atomic E-state index is 11.0. The van der Waals surface area contributed by atoms with Gasteiger partial charge in [-0.1, -0.05) is 12.1 Å². The van der Waals surface area contributed by atoms with Gasteiger partial charge in [0, 0.05) is 23.7 Å². The van der Waals surface area contributed by atoms with E-state index in [0.29, 0.717) is 16.8 Å². The fourth-order valence-electron chi connectivity index (χ4n) is 1.83. The molecule has 0 unspecified atom stereocenters. The van der Waals surface area contributed by atoms with Crippen LogP contribution >= 0.6 is 0 Å². The molecule has 4 nitrogen and oxygen atoms in total. The van der Waals surface area contributed by atoms with Crippen LogP contribution in [0.5, 0.6) is 5.75 Å². The minimum atomic E-state index is -0.164. The number of aromatic hydroxyl groups is 1. The van der Waals surface area contributed by atoms with Gasteiger partial charge < -0.3 is 10.4 Å². The Balaban J connectivity index is 2.46. The molecule has 1 amide bonds. The number of carbonyl (C=O) groups is 2. The van der Waals surface area contributed by atoms with Crippen molar-refractivity contribution in [1.29, 1.82) is 0 Å². The molecular formula is C15H13NO3. The molecule has 19 heavy (non-hydrogen) atoms. The first kappa shape index (κ1) is 12.8. The molecule has 0 fully saturated rings. The third-order valence-corrected chi connectivity index (χ3v) is 2.65. The van der Waals surface area contributed by atoms with E-state index in [9.17, 15) is 14.7 Å². The Labute approximate surface area is 110 Å². The number of carbonyl (C=O) groups excluding carboxylic acids is 2. The standard InChI is InChI=1S/C15H13NO3/c1-10(18)16-13-4-2-3-12(8-13)14-7-11(9-17)5-6-15(14)19/h2-9,19H,1H3,(H,16,18). The van der Waals surface area contributed by atoms with Gasteiger partial charge in [0.2, 0.25) is 5.91 Å². The van der Waals surface area contributed by atoms with Gasteiger partial charge in [0.15, 0.2) is 0 Å². The molecule has 0 spiro atoms. The van der Waals surface area contributed by atoms with Gasteiger partial charge in [0.05, 0.1) is 0 Å². The SMILES string of the molecule is CC(=O)Nc1cccc(-c2cc(C=O)ccc2O)c1. The molecule has 0 aromatic heterocycles. The predicted molar refractivity (Wildman–Crippen MR) is 73.2 cm³/mol. The molecule has 0 bridgehead atoms. The number of nitrogens with one attached hydrogen (secondary N) is 1. The molecule has 96 valence electrons. The second-order valence-corrected chi connectivity index (χ2v) is 4.16. The Morgan fingerprint density at radius 1 is 1.21 bits per heavy atom. The minimum Gasteiger partial charge on any atom is -0.507 e. The summed E-state index contributed by atoms with van der Waals surface area (Å²) in [4.78, 5) is 21.8. The van der Waals surface area contributed by atoms with Crippen LogP contribution in [0.15, 0.2) is 42.5 Å². The summed E-state index contributed by atoms with van der Waals surface area (Å²) >= 11 is 0. The number of hydrogen-bond donors (Lipinski definition) is 2. The van der Waals surface area contributed by atoms with Crippen molar-refractivity contribution in [1.82, 2.24) is 0 Å². The van der Waals surface area contributed by atoms with Crippen molar-refractivity contribution in [3.8, 4) is 16.9 Å². The smallest absolute Gasteiger partial charge is 0.221 e. The number of benzene rings is 2. The molecule has 0 heterocycles. The third-order valence-electron chi connectivity index (χ3n) is 2.65. The topological polar surface area (TPSA) is 66.4 Å². The van der Waals surface area contributed by atoms with Crippen LogP contribution < -0.4 is 5.32 Å². The van der Waals surface area contributed by atoms with E-state index >= 15 is 0 Å². The third kappa shape index (κ3) is 2.98. The number of rotatable bonds is 3. The Kier molecular flexibility index (Phi) is 3.61. The largest absolute Gasteiger partial charge is 0.507 e. The van der Waals surface area contributed by atoms with E-state index < -0.39 is 0 Å². The normalized spacial score (nSPS) is 9.95. The van der Waals surface area contributed by atoms with Crippen molar-refractivity contribution in [3.05, 3.63) is 48.0 Å². The quantitative estimate of drug-likeness (QED) is 0.829. The molecular weight excluding hydrogens is 242 g/mol. The molecule has 0 radical (unpaired) electrons. The minimum absolute atomic E-state index is 0.0885. The van der Waals surface area contributed by atoms with E-state index in [1.165, 1.54) is 13.0 Å². The number of hydrogen-bond acceptors (Lipinski definition) is 3. The van der Waals surface area contributed by atoms with Gasteiger partial charge in [0.25, 0.3) is 0 Å². The predicted octanol–water partition coefficient (Wildman–Crippen LogP) is 2.83. The van der Waals surface area contributed by atoms with Gasteiger partial charge in [-0.25, -0.2) is 0 Å². The van der Waals surface area contributed by atoms with Gasteiger partial charge in [0.1, 0.15) is 12.0 Å². The molecule has 0 atom stereocenters. The van der Waals surface area contributed by atoms with E-state index in [1.54, 1.807) is 36.4 Å². The highest BCUT2D eigenvalue weighted by molar-refractivity contribution is 5.90. The van der Waals surface area contributed by atoms with Crippen LogP contribution in [0.25, 0.3) is 11.1 Å². The molecule has 4 heteroatoms. The lowest BCUT2D eigenvalue weighted by atomic mass is 10.0. The van der Waals surface area contributed by atoms with Crippen LogP contribution in [0.4, 0.5) is 5.69 Å². The number of phenols is 1. The van der Waals surface area contributed by atoms with E-state index in [4.69, 9.17) is 0 Å². The Morgan fingerprint density at radius 2 is 2.00 bits per heavy atom. The number of aldehydes is 1. The lowest BCUT2D eigenvalue weighted by molar-refractivity contribution is -0.114. The maximum atomic E-state index is 11.0. The highest BCUT2D eigenvalue weighted by Crippen LogP contribution is 2.31. The second kappa shape index (κ2) is 5.35.